The molecule has 8 heteroatoms. The van der Waals surface area contributed by atoms with Gasteiger partial charge in [0.1, 0.15) is 0 Å². The number of hydrogen-bond donors (Lipinski definition) is 1. The van der Waals surface area contributed by atoms with Crippen LogP contribution in [-0.4, -0.2) is 85.0 Å². The van der Waals surface area contributed by atoms with E-state index in [4.69, 9.17) is 0 Å². The molecule has 1 saturated carbocycles. The predicted octanol–water partition coefficient (Wildman–Crippen LogP) is 1.31. The van der Waals surface area contributed by atoms with Gasteiger partial charge in [0.25, 0.3) is 10.0 Å². The molecule has 0 bridgehead atoms. The van der Waals surface area contributed by atoms with E-state index in [-0.39, 0.29) is 6.10 Å². The summed E-state index contributed by atoms with van der Waals surface area (Å²) >= 11 is 0. The molecule has 154 valence electrons. The number of benzene rings is 1. The first kappa shape index (κ1) is 19.7. The number of guanidine groups is 1. The van der Waals surface area contributed by atoms with Crippen LogP contribution in [0.2, 0.25) is 0 Å². The van der Waals surface area contributed by atoms with Gasteiger partial charge in [-0.15, -0.1) is 0 Å². The first-order chi connectivity index (χ1) is 13.4. The molecule has 0 atom stereocenters. The first-order valence-electron chi connectivity index (χ1n) is 10.2. The molecule has 0 aromatic heterocycles. The summed E-state index contributed by atoms with van der Waals surface area (Å²) in [6.45, 7) is 8.40. The van der Waals surface area contributed by atoms with Gasteiger partial charge >= 0.3 is 0 Å². The third-order valence-corrected chi connectivity index (χ3v) is 7.91. The number of rotatable bonds is 4. The second kappa shape index (κ2) is 7.65. The zero-order chi connectivity index (χ0) is 19.9. The molecule has 3 aliphatic rings. The van der Waals surface area contributed by atoms with Crippen molar-refractivity contribution in [3.05, 3.63) is 29.8 Å². The van der Waals surface area contributed by atoms with Gasteiger partial charge < -0.3 is 10.0 Å². The number of sulfonamides is 1. The Morgan fingerprint density at radius 1 is 1.04 bits per heavy atom. The van der Waals surface area contributed by atoms with Gasteiger partial charge in [-0.2, -0.15) is 0 Å². The summed E-state index contributed by atoms with van der Waals surface area (Å²) in [7, 11) is -3.60. The molecule has 2 aliphatic heterocycles. The Morgan fingerprint density at radius 2 is 1.68 bits per heavy atom. The molecule has 4 rings (SSSR count). The van der Waals surface area contributed by atoms with Crippen molar-refractivity contribution >= 4 is 16.0 Å². The lowest BCUT2D eigenvalue weighted by Gasteiger charge is -2.45. The van der Waals surface area contributed by atoms with Crippen LogP contribution in [0.1, 0.15) is 38.2 Å². The van der Waals surface area contributed by atoms with E-state index in [1.807, 2.05) is 12.1 Å². The van der Waals surface area contributed by atoms with Crippen LogP contribution in [0, 0.1) is 0 Å². The fourth-order valence-electron chi connectivity index (χ4n) is 4.20. The van der Waals surface area contributed by atoms with E-state index in [1.165, 1.54) is 4.31 Å². The fraction of sp³-hybridized carbons (Fsp3) is 0.650. The van der Waals surface area contributed by atoms with Gasteiger partial charge in [-0.25, -0.2) is 12.7 Å². The van der Waals surface area contributed by atoms with Crippen molar-refractivity contribution in [2.24, 2.45) is 4.99 Å². The topological polar surface area (TPSA) is 76.5 Å². The zero-order valence-corrected chi connectivity index (χ0v) is 17.5. The van der Waals surface area contributed by atoms with Gasteiger partial charge in [-0.3, -0.25) is 9.89 Å². The Bertz CT molecular complexity index is 824. The Morgan fingerprint density at radius 3 is 2.25 bits per heavy atom. The van der Waals surface area contributed by atoms with Gasteiger partial charge in [0.2, 0.25) is 5.96 Å². The summed E-state index contributed by atoms with van der Waals surface area (Å²) in [5.74, 6) is 0.954. The summed E-state index contributed by atoms with van der Waals surface area (Å²) in [5, 5.41) is 9.52. The summed E-state index contributed by atoms with van der Waals surface area (Å²) in [6.07, 6.45) is 1.56. The summed E-state index contributed by atoms with van der Waals surface area (Å²) in [4.78, 5) is 9.35. The van der Waals surface area contributed by atoms with Crippen molar-refractivity contribution in [2.75, 3.05) is 39.3 Å². The van der Waals surface area contributed by atoms with E-state index in [0.29, 0.717) is 35.9 Å². The van der Waals surface area contributed by atoms with Crippen molar-refractivity contribution in [1.29, 1.82) is 0 Å². The highest BCUT2D eigenvalue weighted by Gasteiger charge is 2.38. The molecule has 0 spiro atoms. The SMILES string of the molecule is CC(C)c1ccc(S(=O)(=O)N2CCN=C2N2CCN(C3CC(O)C3)CC2)cc1. The van der Waals surface area contributed by atoms with Gasteiger partial charge in [0.15, 0.2) is 0 Å². The van der Waals surface area contributed by atoms with Gasteiger partial charge in [-0.05, 0) is 36.5 Å². The first-order valence-corrected chi connectivity index (χ1v) is 11.6. The van der Waals surface area contributed by atoms with E-state index in [0.717, 1.165) is 44.6 Å². The molecule has 1 aromatic rings. The normalized spacial score (nSPS) is 26.5. The second-order valence-electron chi connectivity index (χ2n) is 8.28. The van der Waals surface area contributed by atoms with Gasteiger partial charge in [0.05, 0.1) is 24.1 Å². The average Bonchev–Trinajstić information content (AvgIpc) is 3.16. The predicted molar refractivity (Wildman–Crippen MR) is 109 cm³/mol. The lowest BCUT2D eigenvalue weighted by Crippen LogP contribution is -2.58. The number of aliphatic imine (C=N–C) groups is 1. The maximum Gasteiger partial charge on any atom is 0.266 e. The third kappa shape index (κ3) is 3.65. The minimum absolute atomic E-state index is 0.148. The van der Waals surface area contributed by atoms with E-state index in [9.17, 15) is 13.5 Å². The van der Waals surface area contributed by atoms with Crippen molar-refractivity contribution in [3.8, 4) is 0 Å². The molecule has 28 heavy (non-hydrogen) atoms. The van der Waals surface area contributed by atoms with E-state index in [1.54, 1.807) is 12.1 Å². The highest BCUT2D eigenvalue weighted by molar-refractivity contribution is 7.89. The Balaban J connectivity index is 1.44. The Labute approximate surface area is 167 Å². The molecule has 1 aromatic carbocycles. The standard InChI is InChI=1S/C20H30N4O3S/c1-15(2)16-3-5-19(6-4-16)28(26,27)24-8-7-21-20(24)23-11-9-22(10-12-23)17-13-18(25)14-17/h3-6,15,17-18,25H,7-14H2,1-2H3. The summed E-state index contributed by atoms with van der Waals surface area (Å²) in [6, 6.07) is 7.69. The average molecular weight is 407 g/mol. The summed E-state index contributed by atoms with van der Waals surface area (Å²) < 4.78 is 27.9. The number of hydrogen-bond acceptors (Lipinski definition) is 6. The van der Waals surface area contributed by atoms with Crippen LogP contribution in [-0.2, 0) is 10.0 Å². The zero-order valence-electron chi connectivity index (χ0n) is 16.7. The maximum atomic E-state index is 13.2. The van der Waals surface area contributed by atoms with Crippen LogP contribution < -0.4 is 0 Å². The van der Waals surface area contributed by atoms with Gasteiger partial charge in [-0.1, -0.05) is 26.0 Å². The maximum absolute atomic E-state index is 13.2. The van der Waals surface area contributed by atoms with Crippen molar-refractivity contribution in [3.63, 3.8) is 0 Å². The van der Waals surface area contributed by atoms with Crippen LogP contribution in [0.25, 0.3) is 0 Å². The molecule has 1 aliphatic carbocycles. The molecular weight excluding hydrogens is 376 g/mol. The van der Waals surface area contributed by atoms with Crippen molar-refractivity contribution in [2.45, 2.75) is 49.6 Å². The minimum Gasteiger partial charge on any atom is -0.393 e. The number of nitrogens with zero attached hydrogens (tertiary/aromatic N) is 4. The Kier molecular flexibility index (Phi) is 5.37. The van der Waals surface area contributed by atoms with Crippen LogP contribution in [0.3, 0.4) is 0 Å². The van der Waals surface area contributed by atoms with Crippen LogP contribution in [0.5, 0.6) is 0 Å². The van der Waals surface area contributed by atoms with E-state index in [2.05, 4.69) is 28.6 Å². The molecular formula is C20H30N4O3S. The minimum atomic E-state index is -3.60. The lowest BCUT2D eigenvalue weighted by molar-refractivity contribution is -0.0111. The number of aliphatic hydroxyl groups is 1. The van der Waals surface area contributed by atoms with Crippen LogP contribution in [0.15, 0.2) is 34.2 Å². The molecule has 0 unspecified atom stereocenters. The second-order valence-corrected chi connectivity index (χ2v) is 10.1. The highest BCUT2D eigenvalue weighted by atomic mass is 32.2. The van der Waals surface area contributed by atoms with E-state index >= 15 is 0 Å². The summed E-state index contributed by atoms with van der Waals surface area (Å²) in [5.41, 5.74) is 1.13. The smallest absolute Gasteiger partial charge is 0.266 e. The lowest BCUT2D eigenvalue weighted by atomic mass is 9.88. The van der Waals surface area contributed by atoms with Crippen LogP contribution >= 0.6 is 0 Å². The molecule has 0 radical (unpaired) electrons. The molecule has 7 nitrogen and oxygen atoms in total. The fourth-order valence-corrected chi connectivity index (χ4v) is 5.65. The number of piperazine rings is 1. The largest absolute Gasteiger partial charge is 0.393 e. The van der Waals surface area contributed by atoms with Gasteiger partial charge in [0, 0.05) is 32.2 Å². The molecule has 0 amide bonds. The quantitative estimate of drug-likeness (QED) is 0.816. The monoisotopic (exact) mass is 406 g/mol. The molecule has 1 saturated heterocycles. The van der Waals surface area contributed by atoms with Crippen LogP contribution in [0.4, 0.5) is 0 Å². The highest BCUT2D eigenvalue weighted by Crippen LogP contribution is 2.27. The van der Waals surface area contributed by atoms with Crippen molar-refractivity contribution in [1.82, 2.24) is 14.1 Å². The third-order valence-electron chi connectivity index (χ3n) is 6.12. The van der Waals surface area contributed by atoms with Crippen molar-refractivity contribution < 1.29 is 13.5 Å². The molecule has 2 fully saturated rings. The molecule has 1 N–H and O–H groups in total. The van der Waals surface area contributed by atoms with E-state index < -0.39 is 10.0 Å². The Hall–Kier alpha value is -1.64. The number of aliphatic hydroxyl groups excluding tert-OH is 1. The molecule has 2 heterocycles.